The molecule has 0 aliphatic rings. The highest BCUT2D eigenvalue weighted by Crippen LogP contribution is 2.24. The van der Waals surface area contributed by atoms with Crippen LogP contribution < -0.4 is 10.1 Å². The predicted octanol–water partition coefficient (Wildman–Crippen LogP) is 5.81. The first kappa shape index (κ1) is 22.8. The van der Waals surface area contributed by atoms with Gasteiger partial charge in [0.1, 0.15) is 29.0 Å². The molecule has 0 atom stereocenters. The van der Waals surface area contributed by atoms with Gasteiger partial charge in [-0.2, -0.15) is 5.10 Å². The van der Waals surface area contributed by atoms with Gasteiger partial charge in [-0.25, -0.2) is 4.39 Å². The molecular formula is C23H19Cl2FN4O3. The zero-order valence-electron chi connectivity index (χ0n) is 17.7. The molecule has 0 aliphatic carbocycles. The zero-order chi connectivity index (χ0) is 23.5. The van der Waals surface area contributed by atoms with Crippen molar-refractivity contribution in [3.63, 3.8) is 0 Å². The third-order valence-corrected chi connectivity index (χ3v) is 5.53. The van der Waals surface area contributed by atoms with Crippen LogP contribution in [0.4, 0.5) is 10.2 Å². The second-order valence-electron chi connectivity index (χ2n) is 7.38. The monoisotopic (exact) mass is 488 g/mol. The highest BCUT2D eigenvalue weighted by molar-refractivity contribution is 6.33. The van der Waals surface area contributed by atoms with Crippen molar-refractivity contribution in [3.8, 4) is 5.75 Å². The van der Waals surface area contributed by atoms with E-state index in [-0.39, 0.29) is 34.7 Å². The summed E-state index contributed by atoms with van der Waals surface area (Å²) >= 11 is 12.3. The molecule has 2 aromatic carbocycles. The lowest BCUT2D eigenvalue weighted by Gasteiger charge is -2.07. The Morgan fingerprint density at radius 1 is 1.15 bits per heavy atom. The average Bonchev–Trinajstić information content (AvgIpc) is 3.31. The molecule has 33 heavy (non-hydrogen) atoms. The van der Waals surface area contributed by atoms with Gasteiger partial charge < -0.3 is 14.6 Å². The van der Waals surface area contributed by atoms with E-state index in [1.165, 1.54) is 23.0 Å². The van der Waals surface area contributed by atoms with Gasteiger partial charge in [-0.1, -0.05) is 52.1 Å². The van der Waals surface area contributed by atoms with Crippen LogP contribution in [0.3, 0.4) is 0 Å². The molecule has 0 unspecified atom stereocenters. The van der Waals surface area contributed by atoms with Crippen LogP contribution in [0.15, 0.2) is 53.2 Å². The van der Waals surface area contributed by atoms with E-state index in [9.17, 15) is 9.18 Å². The van der Waals surface area contributed by atoms with Crippen molar-refractivity contribution in [2.75, 3.05) is 5.32 Å². The Morgan fingerprint density at radius 3 is 2.64 bits per heavy atom. The summed E-state index contributed by atoms with van der Waals surface area (Å²) in [6.45, 7) is 4.03. The van der Waals surface area contributed by atoms with Crippen LogP contribution in [0.2, 0.25) is 10.0 Å². The van der Waals surface area contributed by atoms with E-state index in [4.69, 9.17) is 32.5 Å². The normalized spacial score (nSPS) is 10.9. The number of aryl methyl sites for hydroxylation is 2. The number of aromatic nitrogens is 3. The third kappa shape index (κ3) is 5.35. The first-order valence-corrected chi connectivity index (χ1v) is 10.7. The molecule has 7 nitrogen and oxygen atoms in total. The summed E-state index contributed by atoms with van der Waals surface area (Å²) in [7, 11) is 0. The number of benzene rings is 2. The molecule has 0 radical (unpaired) electrons. The Balaban J connectivity index is 1.47. The lowest BCUT2D eigenvalue weighted by Crippen LogP contribution is -2.16. The fraction of sp³-hybridized carbons (Fsp3) is 0.174. The molecule has 4 rings (SSSR count). The zero-order valence-corrected chi connectivity index (χ0v) is 19.2. The van der Waals surface area contributed by atoms with Crippen LogP contribution in [-0.2, 0) is 13.2 Å². The van der Waals surface area contributed by atoms with Crippen molar-refractivity contribution in [3.05, 3.63) is 92.7 Å². The number of anilines is 1. The maximum Gasteiger partial charge on any atom is 0.279 e. The largest absolute Gasteiger partial charge is 0.489 e. The molecule has 0 bridgehead atoms. The fourth-order valence-electron chi connectivity index (χ4n) is 3.08. The number of carbonyl (C=O) groups is 1. The van der Waals surface area contributed by atoms with E-state index >= 15 is 0 Å². The molecule has 0 spiro atoms. The highest BCUT2D eigenvalue weighted by atomic mass is 35.5. The Hall–Kier alpha value is -3.36. The molecule has 0 aliphatic heterocycles. The maximum absolute atomic E-state index is 13.3. The highest BCUT2D eigenvalue weighted by Gasteiger charge is 2.22. The van der Waals surface area contributed by atoms with Crippen LogP contribution in [0.1, 0.15) is 32.9 Å². The van der Waals surface area contributed by atoms with Gasteiger partial charge >= 0.3 is 0 Å². The lowest BCUT2D eigenvalue weighted by molar-refractivity contribution is 0.101. The number of carbonyl (C=O) groups excluding carboxylic acids is 1. The summed E-state index contributed by atoms with van der Waals surface area (Å²) in [5.74, 6) is 0.302. The smallest absolute Gasteiger partial charge is 0.279 e. The van der Waals surface area contributed by atoms with Crippen molar-refractivity contribution in [1.82, 2.24) is 14.9 Å². The van der Waals surface area contributed by atoms with Crippen molar-refractivity contribution in [2.24, 2.45) is 0 Å². The van der Waals surface area contributed by atoms with Gasteiger partial charge in [0, 0.05) is 11.2 Å². The molecule has 0 fully saturated rings. The topological polar surface area (TPSA) is 82.2 Å². The second kappa shape index (κ2) is 9.64. The van der Waals surface area contributed by atoms with E-state index in [0.717, 1.165) is 5.56 Å². The van der Waals surface area contributed by atoms with E-state index in [2.05, 4.69) is 15.6 Å². The Morgan fingerprint density at radius 2 is 1.91 bits per heavy atom. The van der Waals surface area contributed by atoms with Crippen LogP contribution in [0.5, 0.6) is 5.75 Å². The molecule has 2 aromatic heterocycles. The van der Waals surface area contributed by atoms with Crippen LogP contribution in [0.25, 0.3) is 0 Å². The number of hydrogen-bond donors (Lipinski definition) is 1. The number of rotatable bonds is 7. The molecule has 0 saturated carbocycles. The lowest BCUT2D eigenvalue weighted by atomic mass is 10.2. The minimum Gasteiger partial charge on any atom is -0.489 e. The van der Waals surface area contributed by atoms with Crippen molar-refractivity contribution < 1.29 is 18.4 Å². The first-order valence-electron chi connectivity index (χ1n) is 9.93. The Bertz CT molecular complexity index is 1300. The number of halogens is 3. The first-order chi connectivity index (χ1) is 15.8. The fourth-order valence-corrected chi connectivity index (χ4v) is 3.51. The SMILES string of the molecule is Cc1ccc(OCc2c(C(=O)Nc3nn(Cc4ccc(F)cc4Cl)cc3Cl)noc2C)cc1. The molecule has 170 valence electrons. The van der Waals surface area contributed by atoms with Gasteiger partial charge in [0.2, 0.25) is 0 Å². The van der Waals surface area contributed by atoms with Crippen LogP contribution in [-0.4, -0.2) is 20.8 Å². The summed E-state index contributed by atoms with van der Waals surface area (Å²) in [4.78, 5) is 12.9. The van der Waals surface area contributed by atoms with E-state index in [1.54, 1.807) is 13.0 Å². The van der Waals surface area contributed by atoms with Gasteiger partial charge in [-0.15, -0.1) is 0 Å². The maximum atomic E-state index is 13.3. The predicted molar refractivity (Wildman–Crippen MR) is 122 cm³/mol. The molecule has 1 N–H and O–H groups in total. The molecule has 0 saturated heterocycles. The van der Waals surface area contributed by atoms with Crippen molar-refractivity contribution >= 4 is 34.9 Å². The van der Waals surface area contributed by atoms with Crippen molar-refractivity contribution in [2.45, 2.75) is 27.0 Å². The molecule has 10 heteroatoms. The van der Waals surface area contributed by atoms with E-state index < -0.39 is 11.7 Å². The summed E-state index contributed by atoms with van der Waals surface area (Å²) < 4.78 is 25.7. The van der Waals surface area contributed by atoms with Crippen molar-refractivity contribution in [1.29, 1.82) is 0 Å². The van der Waals surface area contributed by atoms with Gasteiger partial charge in [-0.05, 0) is 43.7 Å². The van der Waals surface area contributed by atoms with Gasteiger partial charge in [-0.3, -0.25) is 9.48 Å². The Labute approximate surface area is 199 Å². The minimum absolute atomic E-state index is 0.0757. The third-order valence-electron chi connectivity index (χ3n) is 4.90. The number of amides is 1. The van der Waals surface area contributed by atoms with Gasteiger partial charge in [0.25, 0.3) is 5.91 Å². The van der Waals surface area contributed by atoms with E-state index in [0.29, 0.717) is 22.6 Å². The van der Waals surface area contributed by atoms with Crippen LogP contribution in [0, 0.1) is 19.7 Å². The molecule has 2 heterocycles. The molecule has 1 amide bonds. The van der Waals surface area contributed by atoms with Gasteiger partial charge in [0.15, 0.2) is 11.5 Å². The quantitative estimate of drug-likeness (QED) is 0.354. The number of hydrogen-bond acceptors (Lipinski definition) is 5. The van der Waals surface area contributed by atoms with Gasteiger partial charge in [0.05, 0.1) is 12.1 Å². The van der Waals surface area contributed by atoms with Crippen LogP contribution >= 0.6 is 23.2 Å². The number of nitrogens with one attached hydrogen (secondary N) is 1. The average molecular weight is 489 g/mol. The summed E-state index contributed by atoms with van der Waals surface area (Å²) in [5, 5.41) is 11.3. The molecular weight excluding hydrogens is 470 g/mol. The number of ether oxygens (including phenoxy) is 1. The standard InChI is InChI=1S/C23H19Cl2FN4O3/c1-13-3-7-17(8-4-13)32-12-18-14(2)33-29-21(18)23(31)27-22-20(25)11-30(28-22)10-15-5-6-16(26)9-19(15)24/h3-9,11H,10,12H2,1-2H3,(H,27,28,31). The summed E-state index contributed by atoms with van der Waals surface area (Å²) in [6.07, 6.45) is 1.53. The minimum atomic E-state index is -0.540. The van der Waals surface area contributed by atoms with E-state index in [1.807, 2.05) is 31.2 Å². The second-order valence-corrected chi connectivity index (χ2v) is 8.20. The Kier molecular flexibility index (Phi) is 6.67. The summed E-state index contributed by atoms with van der Waals surface area (Å²) in [6, 6.07) is 11.6. The summed E-state index contributed by atoms with van der Waals surface area (Å²) in [5.41, 5.74) is 2.35. The number of nitrogens with zero attached hydrogens (tertiary/aromatic N) is 3. The molecule has 4 aromatic rings.